The number of anilines is 1. The molecule has 8 heteroatoms. The van der Waals surface area contributed by atoms with Gasteiger partial charge in [0.05, 0.1) is 19.0 Å². The molecule has 0 spiro atoms. The molecule has 8 nitrogen and oxygen atoms in total. The summed E-state index contributed by atoms with van der Waals surface area (Å²) >= 11 is 0. The topological polar surface area (TPSA) is 105 Å². The zero-order chi connectivity index (χ0) is 15.7. The lowest BCUT2D eigenvalue weighted by Crippen LogP contribution is -2.23. The lowest BCUT2D eigenvalue weighted by molar-refractivity contribution is -0.0165. The zero-order valence-corrected chi connectivity index (χ0v) is 12.5. The highest BCUT2D eigenvalue weighted by atomic mass is 16.5. The number of imidazole rings is 1. The van der Waals surface area contributed by atoms with Gasteiger partial charge >= 0.3 is 0 Å². The third-order valence-corrected chi connectivity index (χ3v) is 3.32. The molecule has 0 fully saturated rings. The molecule has 22 heavy (non-hydrogen) atoms. The highest BCUT2D eigenvalue weighted by Crippen LogP contribution is 2.20. The van der Waals surface area contributed by atoms with Crippen LogP contribution in [0.5, 0.6) is 0 Å². The maximum Gasteiger partial charge on any atom is 0.280 e. The lowest BCUT2D eigenvalue weighted by Gasteiger charge is -2.21. The molecule has 1 aliphatic heterocycles. The largest absolute Gasteiger partial charge is 0.387 e. The summed E-state index contributed by atoms with van der Waals surface area (Å²) < 4.78 is 7.21. The number of ether oxygens (including phenoxy) is 1. The average Bonchev–Trinajstić information content (AvgIpc) is 2.90. The Hall–Kier alpha value is -2.19. The van der Waals surface area contributed by atoms with E-state index in [4.69, 9.17) is 4.74 Å². The van der Waals surface area contributed by atoms with Gasteiger partial charge in [-0.05, 0) is 12.0 Å². The van der Waals surface area contributed by atoms with Crippen LogP contribution >= 0.6 is 0 Å². The van der Waals surface area contributed by atoms with Crippen LogP contribution in [-0.2, 0) is 4.74 Å². The Morgan fingerprint density at radius 1 is 1.55 bits per heavy atom. The summed E-state index contributed by atoms with van der Waals surface area (Å²) in [6.45, 7) is 5.04. The van der Waals surface area contributed by atoms with E-state index in [9.17, 15) is 9.90 Å². The summed E-state index contributed by atoms with van der Waals surface area (Å²) in [5.74, 6) is 0.838. The summed E-state index contributed by atoms with van der Waals surface area (Å²) in [5.41, 5.74) is 0.411. The van der Waals surface area contributed by atoms with Gasteiger partial charge < -0.3 is 15.2 Å². The van der Waals surface area contributed by atoms with Gasteiger partial charge in [0.2, 0.25) is 5.95 Å². The molecule has 1 aliphatic rings. The molecule has 0 saturated carbocycles. The van der Waals surface area contributed by atoms with E-state index < -0.39 is 12.3 Å². The minimum atomic E-state index is -0.606. The zero-order valence-electron chi connectivity index (χ0n) is 12.5. The first-order chi connectivity index (χ1) is 10.5. The number of aliphatic hydroxyl groups excluding tert-OH is 1. The lowest BCUT2D eigenvalue weighted by atomic mass is 10.2. The van der Waals surface area contributed by atoms with E-state index in [-0.39, 0.29) is 17.7 Å². The Morgan fingerprint density at radius 2 is 2.36 bits per heavy atom. The van der Waals surface area contributed by atoms with E-state index in [1.807, 2.05) is 0 Å². The fourth-order valence-corrected chi connectivity index (χ4v) is 2.20. The van der Waals surface area contributed by atoms with Crippen molar-refractivity contribution in [2.45, 2.75) is 26.2 Å². The molecule has 0 aromatic carbocycles. The van der Waals surface area contributed by atoms with E-state index in [1.165, 1.54) is 6.33 Å². The van der Waals surface area contributed by atoms with Gasteiger partial charge in [0.15, 0.2) is 17.4 Å². The third kappa shape index (κ3) is 2.88. The monoisotopic (exact) mass is 305 g/mol. The van der Waals surface area contributed by atoms with Crippen molar-refractivity contribution < 1.29 is 9.84 Å². The molecule has 3 N–H and O–H groups in total. The maximum absolute atomic E-state index is 12.1. The average molecular weight is 305 g/mol. The summed E-state index contributed by atoms with van der Waals surface area (Å²) in [7, 11) is 0. The Bertz CT molecular complexity index is 749. The Morgan fingerprint density at radius 3 is 3.05 bits per heavy atom. The molecule has 0 unspecified atom stereocenters. The van der Waals surface area contributed by atoms with Crippen molar-refractivity contribution in [2.24, 2.45) is 5.92 Å². The second-order valence-corrected chi connectivity index (χ2v) is 5.69. The van der Waals surface area contributed by atoms with E-state index in [1.54, 1.807) is 16.7 Å². The van der Waals surface area contributed by atoms with Gasteiger partial charge in [0.1, 0.15) is 0 Å². The molecular weight excluding hydrogens is 286 g/mol. The quantitative estimate of drug-likeness (QED) is 0.716. The minimum absolute atomic E-state index is 0.197. The van der Waals surface area contributed by atoms with Gasteiger partial charge in [-0.1, -0.05) is 19.9 Å². The van der Waals surface area contributed by atoms with Crippen LogP contribution in [0.4, 0.5) is 5.95 Å². The molecule has 0 saturated heterocycles. The first kappa shape index (κ1) is 14.7. The number of hydrogen-bond acceptors (Lipinski definition) is 6. The first-order valence-corrected chi connectivity index (χ1v) is 7.23. The van der Waals surface area contributed by atoms with E-state index in [2.05, 4.69) is 34.1 Å². The van der Waals surface area contributed by atoms with Crippen molar-refractivity contribution >= 4 is 17.1 Å². The van der Waals surface area contributed by atoms with Gasteiger partial charge in [0, 0.05) is 6.54 Å². The fraction of sp³-hybridized carbons (Fsp3) is 0.500. The van der Waals surface area contributed by atoms with Crippen molar-refractivity contribution in [1.29, 1.82) is 0 Å². The molecule has 0 radical (unpaired) electrons. The normalized spacial score (nSPS) is 21.6. The maximum atomic E-state index is 12.1. The summed E-state index contributed by atoms with van der Waals surface area (Å²) in [5, 5.41) is 12.5. The number of hydrogen-bond donors (Lipinski definition) is 3. The minimum Gasteiger partial charge on any atom is -0.387 e. The van der Waals surface area contributed by atoms with E-state index >= 15 is 0 Å². The predicted molar refractivity (Wildman–Crippen MR) is 81.6 cm³/mol. The molecule has 0 aliphatic carbocycles. The van der Waals surface area contributed by atoms with Crippen LogP contribution in [0, 0.1) is 5.92 Å². The summed E-state index contributed by atoms with van der Waals surface area (Å²) in [4.78, 5) is 23.3. The Kier molecular flexibility index (Phi) is 3.95. The highest BCUT2D eigenvalue weighted by molar-refractivity contribution is 5.71. The molecule has 2 aromatic heterocycles. The molecule has 0 bridgehead atoms. The van der Waals surface area contributed by atoms with Crippen LogP contribution in [0.1, 0.15) is 20.1 Å². The fourth-order valence-electron chi connectivity index (χ4n) is 2.20. The predicted octanol–water partition coefficient (Wildman–Crippen LogP) is 0.633. The summed E-state index contributed by atoms with van der Waals surface area (Å²) in [6.07, 6.45) is 3.86. The molecule has 3 rings (SSSR count). The van der Waals surface area contributed by atoms with Crippen LogP contribution in [0.25, 0.3) is 11.2 Å². The van der Waals surface area contributed by atoms with E-state index in [0.29, 0.717) is 24.1 Å². The first-order valence-electron chi connectivity index (χ1n) is 7.23. The third-order valence-electron chi connectivity index (χ3n) is 3.32. The van der Waals surface area contributed by atoms with Crippen molar-refractivity contribution in [3.8, 4) is 0 Å². The summed E-state index contributed by atoms with van der Waals surface area (Å²) in [6, 6.07) is 0. The van der Waals surface area contributed by atoms with Crippen LogP contribution < -0.4 is 10.9 Å². The highest BCUT2D eigenvalue weighted by Gasteiger charge is 2.19. The van der Waals surface area contributed by atoms with Gasteiger partial charge in [-0.25, -0.2) is 4.98 Å². The van der Waals surface area contributed by atoms with Gasteiger partial charge in [-0.3, -0.25) is 14.3 Å². The number of H-pyrrole nitrogens is 1. The second-order valence-electron chi connectivity index (χ2n) is 5.69. The van der Waals surface area contributed by atoms with Crippen LogP contribution in [0.15, 0.2) is 23.3 Å². The van der Waals surface area contributed by atoms with Crippen LogP contribution in [0.3, 0.4) is 0 Å². The standard InChI is InChI=1S/C14H19N5O3/c1-8(2)5-15-14-17-12-11(13(21)18-14)16-7-19(12)10-4-3-9(20)6-22-10/h3-4,7-10,20H,5-6H2,1-2H3,(H2,15,17,18,21)/t9-,10+/m0/s1. The SMILES string of the molecule is CC(C)CNc1nc2c(ncn2[C@H]2C=C[C@H](O)CO2)c(=O)[nH]1. The second kappa shape index (κ2) is 5.90. The molecule has 2 aromatic rings. The molecule has 0 amide bonds. The van der Waals surface area contributed by atoms with Crippen LogP contribution in [0.2, 0.25) is 0 Å². The number of aromatic nitrogens is 4. The van der Waals surface area contributed by atoms with Crippen molar-refractivity contribution in [3.05, 3.63) is 28.8 Å². The van der Waals surface area contributed by atoms with Crippen molar-refractivity contribution in [3.63, 3.8) is 0 Å². The number of nitrogens with one attached hydrogen (secondary N) is 2. The van der Waals surface area contributed by atoms with Crippen molar-refractivity contribution in [2.75, 3.05) is 18.5 Å². The number of fused-ring (bicyclic) bond motifs is 1. The number of aliphatic hydroxyl groups is 1. The molecule has 2 atom stereocenters. The van der Waals surface area contributed by atoms with Gasteiger partial charge in [-0.15, -0.1) is 0 Å². The molecule has 3 heterocycles. The Labute approximate surface area is 126 Å². The van der Waals surface area contributed by atoms with Crippen molar-refractivity contribution in [1.82, 2.24) is 19.5 Å². The number of nitrogens with zero attached hydrogens (tertiary/aromatic N) is 3. The van der Waals surface area contributed by atoms with Crippen LogP contribution in [-0.4, -0.2) is 43.9 Å². The Balaban J connectivity index is 1.98. The van der Waals surface area contributed by atoms with Gasteiger partial charge in [0.25, 0.3) is 5.56 Å². The molecule has 118 valence electrons. The van der Waals surface area contributed by atoms with E-state index in [0.717, 1.165) is 0 Å². The smallest absolute Gasteiger partial charge is 0.280 e. The number of aromatic amines is 1. The molecular formula is C14H19N5O3. The van der Waals surface area contributed by atoms with Gasteiger partial charge in [-0.2, -0.15) is 4.98 Å². The number of rotatable bonds is 4.